The molecule has 0 aliphatic heterocycles. The fourth-order valence-electron chi connectivity index (χ4n) is 1.85. The maximum absolute atomic E-state index is 9.19. The van der Waals surface area contributed by atoms with Crippen LogP contribution in [0, 0.1) is 0 Å². The average Bonchev–Trinajstić information content (AvgIpc) is 2.57. The van der Waals surface area contributed by atoms with E-state index in [1.807, 2.05) is 12.1 Å². The molecule has 2 N–H and O–H groups in total. The molecule has 0 bridgehead atoms. The second-order valence-electron chi connectivity index (χ2n) is 3.99. The quantitative estimate of drug-likeness (QED) is 0.769. The summed E-state index contributed by atoms with van der Waals surface area (Å²) in [5, 5.41) is 9.83. The van der Waals surface area contributed by atoms with Crippen LogP contribution in [0.3, 0.4) is 0 Å². The van der Waals surface area contributed by atoms with Gasteiger partial charge in [0.2, 0.25) is 0 Å². The average molecular weight is 279 g/mol. The zero-order chi connectivity index (χ0) is 13.1. The van der Waals surface area contributed by atoms with Crippen molar-refractivity contribution in [2.75, 3.05) is 12.9 Å². The van der Waals surface area contributed by atoms with Crippen LogP contribution in [0.25, 0.3) is 0 Å². The van der Waals surface area contributed by atoms with E-state index < -0.39 is 10.1 Å². The Hall–Kier alpha value is -0.620. The molecule has 1 aliphatic rings. The van der Waals surface area contributed by atoms with Crippen LogP contribution in [-0.4, -0.2) is 30.9 Å². The fraction of sp³-hybridized carbons (Fsp3) is 0.455. The molecule has 2 rings (SSSR count). The van der Waals surface area contributed by atoms with Gasteiger partial charge in [-0.3, -0.25) is 4.55 Å². The highest BCUT2D eigenvalue weighted by Gasteiger charge is 2.21. The number of aryl methyl sites for hydroxylation is 1. The molecule has 0 aromatic heterocycles. The summed E-state index contributed by atoms with van der Waals surface area (Å²) >= 11 is 5.86. The van der Waals surface area contributed by atoms with Gasteiger partial charge in [-0.2, -0.15) is 8.42 Å². The predicted molar refractivity (Wildman–Crippen MR) is 67.1 cm³/mol. The highest BCUT2D eigenvalue weighted by molar-refractivity contribution is 7.85. The van der Waals surface area contributed by atoms with Crippen LogP contribution in [0.15, 0.2) is 18.2 Å². The van der Waals surface area contributed by atoms with E-state index in [0.29, 0.717) is 12.2 Å². The third-order valence-electron chi connectivity index (χ3n) is 2.53. The molecule has 0 saturated carbocycles. The number of benzene rings is 1. The zero-order valence-electron chi connectivity index (χ0n) is 9.43. The van der Waals surface area contributed by atoms with Crippen LogP contribution in [0.4, 0.5) is 0 Å². The van der Waals surface area contributed by atoms with Gasteiger partial charge in [0, 0.05) is 17.5 Å². The molecule has 0 radical (unpaired) electrons. The second kappa shape index (κ2) is 5.82. The van der Waals surface area contributed by atoms with Crippen molar-refractivity contribution in [1.82, 2.24) is 0 Å². The van der Waals surface area contributed by atoms with Crippen molar-refractivity contribution < 1.29 is 18.1 Å². The van der Waals surface area contributed by atoms with Crippen molar-refractivity contribution in [1.29, 1.82) is 0 Å². The lowest BCUT2D eigenvalue weighted by molar-refractivity contribution is 0.265. The third-order valence-corrected chi connectivity index (χ3v) is 2.77. The minimum atomic E-state index is -3.67. The van der Waals surface area contributed by atoms with Crippen molar-refractivity contribution >= 4 is 21.7 Å². The lowest BCUT2D eigenvalue weighted by atomic mass is 10.0. The first-order chi connectivity index (χ1) is 7.81. The molecular formula is C11H15ClO4S. The van der Waals surface area contributed by atoms with Gasteiger partial charge in [-0.25, -0.2) is 0 Å². The topological polar surface area (TPSA) is 74.6 Å². The number of fused-ring (bicyclic) bond motifs is 1. The van der Waals surface area contributed by atoms with Crippen molar-refractivity contribution in [3.8, 4) is 0 Å². The number of hydrogen-bond acceptors (Lipinski definition) is 3. The highest BCUT2D eigenvalue weighted by Crippen LogP contribution is 2.34. The van der Waals surface area contributed by atoms with Gasteiger partial charge in [-0.15, -0.1) is 0 Å². The highest BCUT2D eigenvalue weighted by atomic mass is 35.5. The largest absolute Gasteiger partial charge is 0.396 e. The normalized spacial score (nSPS) is 18.2. The molecule has 0 heterocycles. The van der Waals surface area contributed by atoms with E-state index in [4.69, 9.17) is 21.3 Å². The Morgan fingerprint density at radius 3 is 2.59 bits per heavy atom. The van der Waals surface area contributed by atoms with Gasteiger partial charge in [-0.05, 0) is 36.1 Å². The summed E-state index contributed by atoms with van der Waals surface area (Å²) in [5.41, 5.74) is 2.59. The van der Waals surface area contributed by atoms with Gasteiger partial charge >= 0.3 is 0 Å². The Bertz CT molecular complexity index is 476. The van der Waals surface area contributed by atoms with E-state index >= 15 is 0 Å². The van der Waals surface area contributed by atoms with Gasteiger partial charge in [0.15, 0.2) is 0 Å². The summed E-state index contributed by atoms with van der Waals surface area (Å²) in [6.45, 7) is 0.243. The molecule has 96 valence electrons. The fourth-order valence-corrected chi connectivity index (χ4v) is 2.03. The Kier molecular flexibility index (Phi) is 4.94. The van der Waals surface area contributed by atoms with Gasteiger partial charge < -0.3 is 5.11 Å². The van der Waals surface area contributed by atoms with Gasteiger partial charge in [0.25, 0.3) is 10.1 Å². The maximum atomic E-state index is 9.19. The number of hydrogen-bond donors (Lipinski definition) is 2. The summed E-state index contributed by atoms with van der Waals surface area (Å²) in [6, 6.07) is 5.96. The van der Waals surface area contributed by atoms with Gasteiger partial charge in [0.1, 0.15) is 0 Å². The standard InChI is InChI=1S/C10H11ClO.CH4O3S/c11-9-4-3-7-1-2-8(6-12)10(7)5-9;1-5(2,3)4/h3-5,8,12H,1-2,6H2;1H3,(H,2,3,4). The molecule has 1 unspecified atom stereocenters. The summed E-state index contributed by atoms with van der Waals surface area (Å²) < 4.78 is 25.9. The van der Waals surface area contributed by atoms with Crippen LogP contribution in [0.1, 0.15) is 23.5 Å². The van der Waals surface area contributed by atoms with E-state index in [0.717, 1.165) is 17.9 Å². The van der Waals surface area contributed by atoms with Crippen molar-refractivity contribution in [2.24, 2.45) is 0 Å². The number of aliphatic hydroxyl groups is 1. The third kappa shape index (κ3) is 5.04. The second-order valence-corrected chi connectivity index (χ2v) is 5.90. The molecule has 0 spiro atoms. The first kappa shape index (κ1) is 14.4. The van der Waals surface area contributed by atoms with Crippen LogP contribution >= 0.6 is 11.6 Å². The van der Waals surface area contributed by atoms with Crippen molar-refractivity contribution in [3.05, 3.63) is 34.3 Å². The number of halogens is 1. The van der Waals surface area contributed by atoms with Gasteiger partial charge in [0.05, 0.1) is 6.26 Å². The lowest BCUT2D eigenvalue weighted by Gasteiger charge is -2.06. The molecule has 4 nitrogen and oxygen atoms in total. The Balaban J connectivity index is 0.000000249. The lowest BCUT2D eigenvalue weighted by Crippen LogP contribution is -1.98. The first-order valence-corrected chi connectivity index (χ1v) is 7.35. The molecule has 1 aromatic rings. The van der Waals surface area contributed by atoms with Crippen LogP contribution in [-0.2, 0) is 16.5 Å². The summed E-state index contributed by atoms with van der Waals surface area (Å²) in [5.74, 6) is 0.318. The van der Waals surface area contributed by atoms with Gasteiger partial charge in [-0.1, -0.05) is 17.7 Å². The van der Waals surface area contributed by atoms with Crippen molar-refractivity contribution in [3.63, 3.8) is 0 Å². The Morgan fingerprint density at radius 1 is 1.47 bits per heavy atom. The molecule has 0 fully saturated rings. The molecule has 1 atom stereocenters. The molecule has 6 heteroatoms. The minimum absolute atomic E-state index is 0.243. The van der Waals surface area contributed by atoms with E-state index in [1.165, 1.54) is 11.1 Å². The van der Waals surface area contributed by atoms with Crippen LogP contribution in [0.5, 0.6) is 0 Å². The van der Waals surface area contributed by atoms with E-state index in [1.54, 1.807) is 0 Å². The summed E-state index contributed by atoms with van der Waals surface area (Å²) in [7, 11) is -3.67. The Morgan fingerprint density at radius 2 is 2.06 bits per heavy atom. The summed E-state index contributed by atoms with van der Waals surface area (Å²) in [4.78, 5) is 0. The van der Waals surface area contributed by atoms with E-state index in [9.17, 15) is 8.42 Å². The molecular weight excluding hydrogens is 264 g/mol. The number of aliphatic hydroxyl groups excluding tert-OH is 1. The van der Waals surface area contributed by atoms with E-state index in [-0.39, 0.29) is 6.61 Å². The molecule has 17 heavy (non-hydrogen) atoms. The molecule has 0 saturated heterocycles. The molecule has 0 amide bonds. The maximum Gasteiger partial charge on any atom is 0.261 e. The molecule has 1 aromatic carbocycles. The van der Waals surface area contributed by atoms with E-state index in [2.05, 4.69) is 6.07 Å². The Labute approximate surface area is 106 Å². The molecule has 1 aliphatic carbocycles. The monoisotopic (exact) mass is 278 g/mol. The minimum Gasteiger partial charge on any atom is -0.396 e. The van der Waals surface area contributed by atoms with Crippen LogP contribution in [0.2, 0.25) is 5.02 Å². The van der Waals surface area contributed by atoms with Crippen molar-refractivity contribution in [2.45, 2.75) is 18.8 Å². The summed E-state index contributed by atoms with van der Waals surface area (Å²) in [6.07, 6.45) is 2.86. The number of rotatable bonds is 1. The van der Waals surface area contributed by atoms with Crippen LogP contribution < -0.4 is 0 Å². The zero-order valence-corrected chi connectivity index (χ0v) is 11.0. The first-order valence-electron chi connectivity index (χ1n) is 5.13. The SMILES string of the molecule is CS(=O)(=O)O.OCC1CCc2ccc(Cl)cc21. The smallest absolute Gasteiger partial charge is 0.261 e. The predicted octanol–water partition coefficient (Wildman–Crippen LogP) is 1.87.